The Morgan fingerprint density at radius 2 is 1.90 bits per heavy atom. The second-order valence-electron chi connectivity index (χ2n) is 6.85. The van der Waals surface area contributed by atoms with E-state index in [1.165, 1.54) is 19.2 Å². The highest BCUT2D eigenvalue weighted by molar-refractivity contribution is 5.93. The van der Waals surface area contributed by atoms with Crippen molar-refractivity contribution in [2.45, 2.75) is 46.3 Å². The Balaban J connectivity index is 2.06. The van der Waals surface area contributed by atoms with Crippen molar-refractivity contribution in [3.63, 3.8) is 0 Å². The van der Waals surface area contributed by atoms with E-state index in [0.717, 1.165) is 5.56 Å². The molecule has 0 aliphatic heterocycles. The lowest BCUT2D eigenvalue weighted by molar-refractivity contribution is -0.139. The molecule has 10 heteroatoms. The zero-order chi connectivity index (χ0) is 22.5. The Hall–Kier alpha value is -3.17. The predicted molar refractivity (Wildman–Crippen MR) is 104 cm³/mol. The average Bonchev–Trinajstić information content (AvgIpc) is 2.60. The van der Waals surface area contributed by atoms with Crippen molar-refractivity contribution in [2.24, 2.45) is 0 Å². The molecule has 7 nitrogen and oxygen atoms in total. The third-order valence-electron chi connectivity index (χ3n) is 4.07. The van der Waals surface area contributed by atoms with Crippen LogP contribution < -0.4 is 15.4 Å². The molecule has 2 aromatic heterocycles. The number of pyridine rings is 2. The van der Waals surface area contributed by atoms with Crippen LogP contribution in [-0.4, -0.2) is 34.6 Å². The maximum absolute atomic E-state index is 12.5. The van der Waals surface area contributed by atoms with Crippen LogP contribution in [0, 0.1) is 13.8 Å². The van der Waals surface area contributed by atoms with E-state index in [9.17, 15) is 22.8 Å². The SMILES string of the molecule is CC(=O)Nc1cc(C(C)NC(=O)c2cc(C)c(OCCC(F)(F)F)cn2)cc(C)n1. The number of alkyl halides is 3. The van der Waals surface area contributed by atoms with E-state index in [4.69, 9.17) is 4.74 Å². The summed E-state index contributed by atoms with van der Waals surface area (Å²) in [5.41, 5.74) is 2.02. The summed E-state index contributed by atoms with van der Waals surface area (Å²) in [5, 5.41) is 5.40. The molecule has 0 aliphatic rings. The van der Waals surface area contributed by atoms with Gasteiger partial charge in [-0.15, -0.1) is 0 Å². The third-order valence-corrected chi connectivity index (χ3v) is 4.07. The van der Waals surface area contributed by atoms with Crippen molar-refractivity contribution in [3.05, 3.63) is 46.9 Å². The number of aryl methyl sites for hydroxylation is 2. The highest BCUT2D eigenvalue weighted by atomic mass is 19.4. The van der Waals surface area contributed by atoms with Crippen LogP contribution >= 0.6 is 0 Å². The molecule has 2 N–H and O–H groups in total. The normalized spacial score (nSPS) is 12.2. The van der Waals surface area contributed by atoms with Gasteiger partial charge in [0.25, 0.3) is 5.91 Å². The summed E-state index contributed by atoms with van der Waals surface area (Å²) >= 11 is 0. The summed E-state index contributed by atoms with van der Waals surface area (Å²) in [5.74, 6) is -0.141. The number of carbonyl (C=O) groups excluding carboxylic acids is 2. The maximum Gasteiger partial charge on any atom is 0.392 e. The number of halogens is 3. The molecule has 2 amide bonds. The van der Waals surface area contributed by atoms with Crippen molar-refractivity contribution in [2.75, 3.05) is 11.9 Å². The molecular weight excluding hydrogens is 401 g/mol. The van der Waals surface area contributed by atoms with Crippen molar-refractivity contribution in [3.8, 4) is 5.75 Å². The summed E-state index contributed by atoms with van der Waals surface area (Å²) in [6.07, 6.45) is -4.14. The molecule has 30 heavy (non-hydrogen) atoms. The van der Waals surface area contributed by atoms with Crippen LogP contribution in [0.2, 0.25) is 0 Å². The van der Waals surface area contributed by atoms with E-state index >= 15 is 0 Å². The van der Waals surface area contributed by atoms with Crippen LogP contribution in [-0.2, 0) is 4.79 Å². The van der Waals surface area contributed by atoms with Crippen LogP contribution in [0.3, 0.4) is 0 Å². The Morgan fingerprint density at radius 3 is 2.50 bits per heavy atom. The quantitative estimate of drug-likeness (QED) is 0.704. The van der Waals surface area contributed by atoms with E-state index in [-0.39, 0.29) is 17.4 Å². The second kappa shape index (κ2) is 9.55. The van der Waals surface area contributed by atoms with Crippen molar-refractivity contribution >= 4 is 17.6 Å². The van der Waals surface area contributed by atoms with Gasteiger partial charge in [0.2, 0.25) is 5.91 Å². The molecule has 2 heterocycles. The number of hydrogen-bond donors (Lipinski definition) is 2. The summed E-state index contributed by atoms with van der Waals surface area (Å²) in [7, 11) is 0. The minimum atomic E-state index is -4.30. The average molecular weight is 424 g/mol. The Kier molecular flexibility index (Phi) is 7.36. The van der Waals surface area contributed by atoms with E-state index in [1.54, 1.807) is 32.9 Å². The van der Waals surface area contributed by atoms with Gasteiger partial charge in [-0.05, 0) is 50.1 Å². The van der Waals surface area contributed by atoms with Gasteiger partial charge in [0.05, 0.1) is 25.3 Å². The molecule has 0 bridgehead atoms. The molecule has 0 spiro atoms. The molecule has 0 aromatic carbocycles. The third kappa shape index (κ3) is 7.02. The van der Waals surface area contributed by atoms with Gasteiger partial charge < -0.3 is 15.4 Å². The second-order valence-corrected chi connectivity index (χ2v) is 6.85. The molecule has 0 saturated heterocycles. The largest absolute Gasteiger partial charge is 0.491 e. The number of aromatic nitrogens is 2. The summed E-state index contributed by atoms with van der Waals surface area (Å²) < 4.78 is 41.8. The molecular formula is C20H23F3N4O3. The first-order valence-electron chi connectivity index (χ1n) is 9.18. The molecule has 0 aliphatic carbocycles. The number of nitrogens with one attached hydrogen (secondary N) is 2. The molecule has 0 radical (unpaired) electrons. The van der Waals surface area contributed by atoms with Crippen LogP contribution in [0.5, 0.6) is 5.75 Å². The summed E-state index contributed by atoms with van der Waals surface area (Å²) in [6.45, 7) is 6.01. The first-order chi connectivity index (χ1) is 13.9. The number of anilines is 1. The van der Waals surface area contributed by atoms with Crippen LogP contribution in [0.1, 0.15) is 53.6 Å². The smallest absolute Gasteiger partial charge is 0.392 e. The standard InChI is InChI=1S/C20H23F3N4O3/c1-11-7-16(24-10-17(11)30-6-5-20(21,22)23)19(29)26-13(3)15-8-12(2)25-18(9-15)27-14(4)28/h7-10,13H,5-6H2,1-4H3,(H,26,29)(H,25,27,28). The lowest BCUT2D eigenvalue weighted by atomic mass is 10.1. The van der Waals surface area contributed by atoms with Gasteiger partial charge in [-0.3, -0.25) is 9.59 Å². The minimum Gasteiger partial charge on any atom is -0.491 e. The number of rotatable bonds is 7. The van der Waals surface area contributed by atoms with Crippen LogP contribution in [0.4, 0.5) is 19.0 Å². The first kappa shape index (κ1) is 23.1. The zero-order valence-corrected chi connectivity index (χ0v) is 17.1. The molecule has 2 aromatic rings. The number of hydrogen-bond acceptors (Lipinski definition) is 5. The maximum atomic E-state index is 12.5. The lowest BCUT2D eigenvalue weighted by Crippen LogP contribution is -2.27. The fourth-order valence-electron chi connectivity index (χ4n) is 2.64. The van der Waals surface area contributed by atoms with Crippen molar-refractivity contribution in [1.29, 1.82) is 0 Å². The lowest BCUT2D eigenvalue weighted by Gasteiger charge is -2.16. The monoisotopic (exact) mass is 424 g/mol. The highest BCUT2D eigenvalue weighted by Crippen LogP contribution is 2.23. The fraction of sp³-hybridized carbons (Fsp3) is 0.400. The molecule has 0 fully saturated rings. The summed E-state index contributed by atoms with van der Waals surface area (Å²) in [4.78, 5) is 32.0. The molecule has 0 saturated carbocycles. The highest BCUT2D eigenvalue weighted by Gasteiger charge is 2.27. The Morgan fingerprint density at radius 1 is 1.20 bits per heavy atom. The van der Waals surface area contributed by atoms with E-state index in [2.05, 4.69) is 20.6 Å². The van der Waals surface area contributed by atoms with Gasteiger partial charge in [-0.1, -0.05) is 0 Å². The number of nitrogens with zero attached hydrogens (tertiary/aromatic N) is 2. The van der Waals surface area contributed by atoms with Gasteiger partial charge in [0, 0.05) is 12.6 Å². The number of carbonyl (C=O) groups is 2. The predicted octanol–water partition coefficient (Wildman–Crippen LogP) is 3.87. The Bertz CT molecular complexity index is 932. The fourth-order valence-corrected chi connectivity index (χ4v) is 2.64. The number of amides is 2. The zero-order valence-electron chi connectivity index (χ0n) is 17.1. The van der Waals surface area contributed by atoms with Gasteiger partial charge in [-0.25, -0.2) is 9.97 Å². The van der Waals surface area contributed by atoms with E-state index in [0.29, 0.717) is 17.1 Å². The van der Waals surface area contributed by atoms with Gasteiger partial charge in [-0.2, -0.15) is 13.2 Å². The molecule has 1 atom stereocenters. The topological polar surface area (TPSA) is 93.2 Å². The molecule has 1 unspecified atom stereocenters. The summed E-state index contributed by atoms with van der Waals surface area (Å²) in [6, 6.07) is 4.49. The number of ether oxygens (including phenoxy) is 1. The molecule has 2 rings (SSSR count). The van der Waals surface area contributed by atoms with Gasteiger partial charge in [0.1, 0.15) is 17.3 Å². The van der Waals surface area contributed by atoms with E-state index < -0.39 is 31.2 Å². The van der Waals surface area contributed by atoms with Crippen LogP contribution in [0.25, 0.3) is 0 Å². The molecule has 162 valence electrons. The first-order valence-corrected chi connectivity index (χ1v) is 9.18. The van der Waals surface area contributed by atoms with E-state index in [1.807, 2.05) is 0 Å². The van der Waals surface area contributed by atoms with Gasteiger partial charge in [0.15, 0.2) is 0 Å². The Labute approximate surface area is 172 Å². The van der Waals surface area contributed by atoms with Crippen molar-refractivity contribution < 1.29 is 27.5 Å². The van der Waals surface area contributed by atoms with Gasteiger partial charge >= 0.3 is 6.18 Å². The van der Waals surface area contributed by atoms with Crippen molar-refractivity contribution in [1.82, 2.24) is 15.3 Å². The van der Waals surface area contributed by atoms with Crippen LogP contribution in [0.15, 0.2) is 24.4 Å². The minimum absolute atomic E-state index is 0.107.